The van der Waals surface area contributed by atoms with Crippen molar-refractivity contribution in [2.45, 2.75) is 43.1 Å². The van der Waals surface area contributed by atoms with Crippen LogP contribution in [0.15, 0.2) is 35.3 Å². The monoisotopic (exact) mass is 292 g/mol. The van der Waals surface area contributed by atoms with E-state index < -0.39 is 22.4 Å². The Labute approximate surface area is 120 Å². The maximum absolute atomic E-state index is 12.3. The van der Waals surface area contributed by atoms with E-state index in [1.165, 1.54) is 0 Å². The van der Waals surface area contributed by atoms with E-state index in [1.807, 2.05) is 35.3 Å². The SMILES string of the molecule is [2H]C1CC(c2ccccc2)N2NC(S(=O)(=O)C3CC3)=NC12. The predicted octanol–water partition coefficient (Wildman–Crippen LogP) is 1.60. The van der Waals surface area contributed by atoms with Crippen LogP contribution in [-0.4, -0.2) is 30.0 Å². The zero-order valence-electron chi connectivity index (χ0n) is 11.9. The quantitative estimate of drug-likeness (QED) is 0.899. The number of hydrogen-bond donors (Lipinski definition) is 1. The summed E-state index contributed by atoms with van der Waals surface area (Å²) in [4.78, 5) is 4.30. The molecule has 4 rings (SSSR count). The summed E-state index contributed by atoms with van der Waals surface area (Å²) in [5.74, 6) is 0. The molecule has 1 saturated carbocycles. The number of nitrogens with one attached hydrogen (secondary N) is 1. The average molecular weight is 292 g/mol. The zero-order chi connectivity index (χ0) is 14.6. The van der Waals surface area contributed by atoms with Crippen molar-refractivity contribution in [2.75, 3.05) is 0 Å². The normalized spacial score (nSPS) is 34.3. The fourth-order valence-electron chi connectivity index (χ4n) is 2.83. The minimum Gasteiger partial charge on any atom is -0.291 e. The number of aliphatic imine (C=N–C) groups is 1. The van der Waals surface area contributed by atoms with Crippen LogP contribution in [0.4, 0.5) is 0 Å². The van der Waals surface area contributed by atoms with Crippen LogP contribution in [0, 0.1) is 0 Å². The lowest BCUT2D eigenvalue weighted by atomic mass is 10.1. The van der Waals surface area contributed by atoms with Gasteiger partial charge in [0.15, 0.2) is 0 Å². The highest BCUT2D eigenvalue weighted by Crippen LogP contribution is 2.39. The van der Waals surface area contributed by atoms with Crippen LogP contribution in [0.2, 0.25) is 0 Å². The third kappa shape index (κ3) is 1.86. The highest BCUT2D eigenvalue weighted by atomic mass is 32.2. The van der Waals surface area contributed by atoms with E-state index >= 15 is 0 Å². The summed E-state index contributed by atoms with van der Waals surface area (Å²) in [6.45, 7) is 0. The van der Waals surface area contributed by atoms with Crippen molar-refractivity contribution < 1.29 is 9.79 Å². The fourth-order valence-corrected chi connectivity index (χ4v) is 4.39. The van der Waals surface area contributed by atoms with Crippen molar-refractivity contribution in [3.63, 3.8) is 0 Å². The van der Waals surface area contributed by atoms with Gasteiger partial charge >= 0.3 is 0 Å². The van der Waals surface area contributed by atoms with Crippen molar-refractivity contribution in [1.29, 1.82) is 0 Å². The first-order chi connectivity index (χ1) is 10.1. The molecule has 2 heterocycles. The van der Waals surface area contributed by atoms with E-state index in [0.29, 0.717) is 6.42 Å². The highest BCUT2D eigenvalue weighted by molar-refractivity contribution is 8.07. The van der Waals surface area contributed by atoms with Crippen LogP contribution in [0.5, 0.6) is 0 Å². The second-order valence-electron chi connectivity index (χ2n) is 5.51. The number of nitrogens with zero attached hydrogens (tertiary/aromatic N) is 2. The topological polar surface area (TPSA) is 61.8 Å². The third-order valence-corrected chi connectivity index (χ3v) is 6.17. The second kappa shape index (κ2) is 4.30. The minimum absolute atomic E-state index is 0.00523. The van der Waals surface area contributed by atoms with Crippen LogP contribution in [0.3, 0.4) is 0 Å². The molecule has 2 aliphatic heterocycles. The Balaban J connectivity index is 1.63. The van der Waals surface area contributed by atoms with Gasteiger partial charge in [-0.05, 0) is 31.2 Å². The van der Waals surface area contributed by atoms with Gasteiger partial charge in [0.2, 0.25) is 15.0 Å². The number of rotatable bonds is 2. The van der Waals surface area contributed by atoms with Crippen molar-refractivity contribution in [3.05, 3.63) is 35.9 Å². The molecule has 3 unspecified atom stereocenters. The number of sulfone groups is 1. The number of hydrazine groups is 1. The Morgan fingerprint density at radius 2 is 2.00 bits per heavy atom. The molecule has 106 valence electrons. The molecule has 0 aromatic heterocycles. The molecule has 1 aromatic carbocycles. The summed E-state index contributed by atoms with van der Waals surface area (Å²) in [5, 5.41) is 1.62. The first kappa shape index (κ1) is 11.3. The van der Waals surface area contributed by atoms with Gasteiger partial charge in [0.25, 0.3) is 0 Å². The fraction of sp³-hybridized carbons (Fsp3) is 0.500. The van der Waals surface area contributed by atoms with E-state index in [-0.39, 0.29) is 16.5 Å². The summed E-state index contributed by atoms with van der Waals surface area (Å²) >= 11 is 0. The molecule has 1 aromatic rings. The van der Waals surface area contributed by atoms with Gasteiger partial charge in [-0.25, -0.2) is 13.4 Å². The minimum atomic E-state index is -3.32. The lowest BCUT2D eigenvalue weighted by Crippen LogP contribution is -2.42. The maximum Gasteiger partial charge on any atom is 0.232 e. The van der Waals surface area contributed by atoms with Crippen LogP contribution >= 0.6 is 0 Å². The molecule has 0 spiro atoms. The van der Waals surface area contributed by atoms with Crippen molar-refractivity contribution >= 4 is 15.0 Å². The summed E-state index contributed by atoms with van der Waals surface area (Å²) in [5.41, 5.74) is 4.06. The molecule has 5 nitrogen and oxygen atoms in total. The second-order valence-corrected chi connectivity index (χ2v) is 7.65. The van der Waals surface area contributed by atoms with Gasteiger partial charge in [-0.2, -0.15) is 5.01 Å². The van der Waals surface area contributed by atoms with Gasteiger partial charge in [-0.15, -0.1) is 0 Å². The first-order valence-electron chi connectivity index (χ1n) is 7.49. The molecule has 1 saturated heterocycles. The Hall–Kier alpha value is -1.40. The van der Waals surface area contributed by atoms with Gasteiger partial charge < -0.3 is 0 Å². The van der Waals surface area contributed by atoms with Gasteiger partial charge in [-0.3, -0.25) is 5.43 Å². The first-order valence-corrected chi connectivity index (χ1v) is 8.46. The summed E-state index contributed by atoms with van der Waals surface area (Å²) in [7, 11) is -3.32. The van der Waals surface area contributed by atoms with E-state index in [9.17, 15) is 8.42 Å². The van der Waals surface area contributed by atoms with Crippen molar-refractivity contribution in [3.8, 4) is 0 Å². The predicted molar refractivity (Wildman–Crippen MR) is 76.6 cm³/mol. The molecular formula is C14H17N3O2S. The summed E-state index contributed by atoms with van der Waals surface area (Å²) in [6, 6.07) is 9.88. The molecule has 0 bridgehead atoms. The average Bonchev–Trinajstić information content (AvgIpc) is 3.17. The molecule has 2 fully saturated rings. The molecule has 3 atom stereocenters. The smallest absolute Gasteiger partial charge is 0.232 e. The molecule has 3 aliphatic rings. The van der Waals surface area contributed by atoms with E-state index in [1.54, 1.807) is 0 Å². The molecular weight excluding hydrogens is 274 g/mol. The Morgan fingerprint density at radius 3 is 2.70 bits per heavy atom. The standard InChI is InChI=1S/C14H17N3O2S/c18-20(19,11-6-7-11)14-15-13-9-8-12(17(13)16-14)10-4-2-1-3-5-10/h1-5,11-13H,6-9H2,(H,15,16)/i9D. The van der Waals surface area contributed by atoms with Crippen LogP contribution in [-0.2, 0) is 9.84 Å². The van der Waals surface area contributed by atoms with Gasteiger partial charge in [0, 0.05) is 1.37 Å². The van der Waals surface area contributed by atoms with Crippen LogP contribution in [0.1, 0.15) is 38.6 Å². The van der Waals surface area contributed by atoms with Crippen LogP contribution in [0.25, 0.3) is 0 Å². The summed E-state index contributed by atoms with van der Waals surface area (Å²) in [6.07, 6.45) is 1.29. The number of fused-ring (bicyclic) bond motifs is 1. The van der Waals surface area contributed by atoms with Gasteiger partial charge in [0.1, 0.15) is 6.17 Å². The van der Waals surface area contributed by atoms with Gasteiger partial charge in [-0.1, -0.05) is 30.3 Å². The number of hydrogen-bond acceptors (Lipinski definition) is 5. The Kier molecular flexibility index (Phi) is 2.42. The number of amidine groups is 1. The van der Waals surface area contributed by atoms with E-state index in [4.69, 9.17) is 1.37 Å². The Morgan fingerprint density at radius 1 is 1.25 bits per heavy atom. The van der Waals surface area contributed by atoms with Crippen LogP contribution < -0.4 is 5.43 Å². The van der Waals surface area contributed by atoms with E-state index in [0.717, 1.165) is 18.4 Å². The molecule has 20 heavy (non-hydrogen) atoms. The lowest BCUT2D eigenvalue weighted by molar-refractivity contribution is 0.183. The molecule has 0 amide bonds. The van der Waals surface area contributed by atoms with E-state index in [2.05, 4.69) is 10.4 Å². The third-order valence-electron chi connectivity index (χ3n) is 4.08. The van der Waals surface area contributed by atoms with Crippen molar-refractivity contribution in [1.82, 2.24) is 10.4 Å². The Bertz CT molecular complexity index is 687. The van der Waals surface area contributed by atoms with Gasteiger partial charge in [0.05, 0.1) is 11.3 Å². The molecule has 0 radical (unpaired) electrons. The molecule has 1 N–H and O–H groups in total. The summed E-state index contributed by atoms with van der Waals surface area (Å²) < 4.78 is 32.8. The molecule has 6 heteroatoms. The van der Waals surface area contributed by atoms with Crippen molar-refractivity contribution in [2.24, 2.45) is 4.99 Å². The number of benzene rings is 1. The zero-order valence-corrected chi connectivity index (χ0v) is 11.8. The maximum atomic E-state index is 12.3. The molecule has 1 aliphatic carbocycles. The lowest BCUT2D eigenvalue weighted by Gasteiger charge is -2.23. The largest absolute Gasteiger partial charge is 0.291 e. The highest BCUT2D eigenvalue weighted by Gasteiger charge is 2.46.